The van der Waals surface area contributed by atoms with Gasteiger partial charge in [-0.3, -0.25) is 0 Å². The first-order chi connectivity index (χ1) is 11.4. The van der Waals surface area contributed by atoms with Gasteiger partial charge in [-0.15, -0.1) is 13.2 Å². The van der Waals surface area contributed by atoms with E-state index in [9.17, 15) is 13.2 Å². The Bertz CT molecular complexity index is 584. The summed E-state index contributed by atoms with van der Waals surface area (Å²) in [6.45, 7) is 0.999. The van der Waals surface area contributed by atoms with Crippen LogP contribution in [0.3, 0.4) is 0 Å². The summed E-state index contributed by atoms with van der Waals surface area (Å²) in [5, 5.41) is 0. The van der Waals surface area contributed by atoms with Crippen molar-refractivity contribution >= 4 is 0 Å². The van der Waals surface area contributed by atoms with E-state index in [4.69, 9.17) is 16.2 Å². The molecule has 0 saturated heterocycles. The maximum absolute atomic E-state index is 11.7. The second kappa shape index (κ2) is 9.79. The van der Waals surface area contributed by atoms with Crippen LogP contribution in [0.5, 0.6) is 11.5 Å². The van der Waals surface area contributed by atoms with Gasteiger partial charge in [-0.1, -0.05) is 24.3 Å². The first kappa shape index (κ1) is 19.8. The number of ether oxygens (including phenoxy) is 2. The van der Waals surface area contributed by atoms with Crippen molar-refractivity contribution in [2.75, 3.05) is 13.7 Å². The number of halogens is 3. The third-order valence-electron chi connectivity index (χ3n) is 2.98. The summed E-state index contributed by atoms with van der Waals surface area (Å²) < 4.78 is 43.7. The molecule has 2 aromatic carbocycles. The van der Waals surface area contributed by atoms with E-state index < -0.39 is 6.36 Å². The molecule has 0 unspecified atom stereocenters. The molecular weight excluding hydrogens is 321 g/mol. The molecule has 0 spiro atoms. The van der Waals surface area contributed by atoms with Gasteiger partial charge in [0.25, 0.3) is 0 Å². The van der Waals surface area contributed by atoms with Gasteiger partial charge >= 0.3 is 6.36 Å². The largest absolute Gasteiger partial charge is 0.573 e. The first-order valence-corrected chi connectivity index (χ1v) is 7.25. The first-order valence-electron chi connectivity index (χ1n) is 7.25. The lowest BCUT2D eigenvalue weighted by atomic mass is 10.1. The summed E-state index contributed by atoms with van der Waals surface area (Å²) in [4.78, 5) is 0. The second-order valence-corrected chi connectivity index (χ2v) is 4.78. The minimum atomic E-state index is -4.63. The molecule has 0 amide bonds. The van der Waals surface area contributed by atoms with Gasteiger partial charge in [-0.2, -0.15) is 0 Å². The van der Waals surface area contributed by atoms with Gasteiger partial charge in [-0.05, 0) is 48.4 Å². The molecule has 0 aliphatic rings. The fraction of sp³-hybridized carbons (Fsp3) is 0.294. The highest BCUT2D eigenvalue weighted by atomic mass is 19.4. The molecule has 0 saturated carbocycles. The average molecular weight is 342 g/mol. The van der Waals surface area contributed by atoms with Crippen LogP contribution in [0.4, 0.5) is 13.2 Å². The summed E-state index contributed by atoms with van der Waals surface area (Å²) in [5.74, 6) is 0.662. The van der Waals surface area contributed by atoms with E-state index in [0.29, 0.717) is 13.1 Å². The summed E-state index contributed by atoms with van der Waals surface area (Å²) in [7, 11) is 1.66. The number of methoxy groups -OCH3 is 1. The number of alkyl halides is 3. The Morgan fingerprint density at radius 1 is 0.833 bits per heavy atom. The third kappa shape index (κ3) is 7.85. The van der Waals surface area contributed by atoms with Crippen LogP contribution in [0.1, 0.15) is 11.1 Å². The van der Waals surface area contributed by atoms with Gasteiger partial charge < -0.3 is 20.9 Å². The van der Waals surface area contributed by atoms with Crippen LogP contribution in [0.25, 0.3) is 0 Å². The zero-order valence-electron chi connectivity index (χ0n) is 13.3. The van der Waals surface area contributed by atoms with Gasteiger partial charge in [0.1, 0.15) is 11.5 Å². The van der Waals surface area contributed by atoms with E-state index in [1.54, 1.807) is 7.11 Å². The summed E-state index contributed by atoms with van der Waals surface area (Å²) in [6, 6.07) is 13.4. The van der Waals surface area contributed by atoms with Gasteiger partial charge in [-0.25, -0.2) is 0 Å². The molecule has 0 fully saturated rings. The lowest BCUT2D eigenvalue weighted by Crippen LogP contribution is -2.17. The summed E-state index contributed by atoms with van der Waals surface area (Å²) >= 11 is 0. The Hall–Kier alpha value is -2.25. The molecule has 2 rings (SSSR count). The highest BCUT2D eigenvalue weighted by Gasteiger charge is 2.30. The molecule has 0 atom stereocenters. The Morgan fingerprint density at radius 2 is 1.33 bits per heavy atom. The molecule has 4 nitrogen and oxygen atoms in total. The molecule has 0 bridgehead atoms. The summed E-state index contributed by atoms with van der Waals surface area (Å²) in [5.41, 5.74) is 12.7. The molecule has 2 aromatic rings. The van der Waals surface area contributed by atoms with Crippen molar-refractivity contribution < 1.29 is 22.6 Å². The van der Waals surface area contributed by atoms with E-state index >= 15 is 0 Å². The molecule has 0 aromatic heterocycles. The SMILES string of the molecule is COc1ccc(CCN)cc1.NCc1ccc(OC(F)(F)F)cc1. The van der Waals surface area contributed by atoms with Gasteiger partial charge in [0.15, 0.2) is 0 Å². The Labute approximate surface area is 139 Å². The van der Waals surface area contributed by atoms with Crippen LogP contribution in [0, 0.1) is 0 Å². The number of benzene rings is 2. The number of nitrogens with two attached hydrogens (primary N) is 2. The van der Waals surface area contributed by atoms with Crippen molar-refractivity contribution in [3.8, 4) is 11.5 Å². The third-order valence-corrected chi connectivity index (χ3v) is 2.98. The lowest BCUT2D eigenvalue weighted by Gasteiger charge is -2.08. The maximum atomic E-state index is 11.7. The average Bonchev–Trinajstić information content (AvgIpc) is 2.56. The Balaban J connectivity index is 0.000000243. The fourth-order valence-electron chi connectivity index (χ4n) is 1.79. The Kier molecular flexibility index (Phi) is 8.08. The predicted octanol–water partition coefficient (Wildman–Crippen LogP) is 3.24. The van der Waals surface area contributed by atoms with Crippen LogP contribution in [0.2, 0.25) is 0 Å². The normalized spacial score (nSPS) is 10.6. The molecule has 0 heterocycles. The fourth-order valence-corrected chi connectivity index (χ4v) is 1.79. The second-order valence-electron chi connectivity index (χ2n) is 4.78. The predicted molar refractivity (Wildman–Crippen MR) is 86.8 cm³/mol. The van der Waals surface area contributed by atoms with Gasteiger partial charge in [0, 0.05) is 6.54 Å². The molecular formula is C17H21F3N2O2. The van der Waals surface area contributed by atoms with Crippen molar-refractivity contribution in [3.63, 3.8) is 0 Å². The minimum Gasteiger partial charge on any atom is -0.497 e. The zero-order chi connectivity index (χ0) is 18.0. The van der Waals surface area contributed by atoms with E-state index in [1.165, 1.54) is 29.8 Å². The molecule has 4 N–H and O–H groups in total. The minimum absolute atomic E-state index is 0.232. The zero-order valence-corrected chi connectivity index (χ0v) is 13.3. The molecule has 0 aliphatic heterocycles. The molecule has 7 heteroatoms. The van der Waals surface area contributed by atoms with Crippen LogP contribution in [-0.2, 0) is 13.0 Å². The van der Waals surface area contributed by atoms with E-state index in [2.05, 4.69) is 4.74 Å². The smallest absolute Gasteiger partial charge is 0.497 e. The number of rotatable bonds is 5. The molecule has 24 heavy (non-hydrogen) atoms. The van der Waals surface area contributed by atoms with E-state index in [-0.39, 0.29) is 5.75 Å². The van der Waals surface area contributed by atoms with Crippen molar-refractivity contribution in [1.82, 2.24) is 0 Å². The topological polar surface area (TPSA) is 70.5 Å². The van der Waals surface area contributed by atoms with Crippen molar-refractivity contribution in [3.05, 3.63) is 59.7 Å². The van der Waals surface area contributed by atoms with Crippen LogP contribution in [0.15, 0.2) is 48.5 Å². The Morgan fingerprint density at radius 3 is 1.75 bits per heavy atom. The highest BCUT2D eigenvalue weighted by molar-refractivity contribution is 5.27. The van der Waals surface area contributed by atoms with Crippen molar-refractivity contribution in [1.29, 1.82) is 0 Å². The van der Waals surface area contributed by atoms with E-state index in [1.807, 2.05) is 24.3 Å². The van der Waals surface area contributed by atoms with Crippen LogP contribution >= 0.6 is 0 Å². The highest BCUT2D eigenvalue weighted by Crippen LogP contribution is 2.22. The monoisotopic (exact) mass is 342 g/mol. The lowest BCUT2D eigenvalue weighted by molar-refractivity contribution is -0.274. The van der Waals surface area contributed by atoms with Crippen molar-refractivity contribution in [2.24, 2.45) is 11.5 Å². The maximum Gasteiger partial charge on any atom is 0.573 e. The van der Waals surface area contributed by atoms with Crippen molar-refractivity contribution in [2.45, 2.75) is 19.3 Å². The van der Waals surface area contributed by atoms with E-state index in [0.717, 1.165) is 17.7 Å². The number of hydrogen-bond acceptors (Lipinski definition) is 4. The van der Waals surface area contributed by atoms with Gasteiger partial charge in [0.05, 0.1) is 7.11 Å². The van der Waals surface area contributed by atoms with Crippen LogP contribution in [-0.4, -0.2) is 20.0 Å². The summed E-state index contributed by atoms with van der Waals surface area (Å²) in [6.07, 6.45) is -3.70. The number of hydrogen-bond donors (Lipinski definition) is 2. The molecule has 132 valence electrons. The van der Waals surface area contributed by atoms with Gasteiger partial charge in [0.2, 0.25) is 0 Å². The standard InChI is InChI=1S/C9H13NO.C8H8F3NO/c1-11-9-4-2-8(3-5-9)6-7-10;9-8(10,11)13-7-3-1-6(5-12)2-4-7/h2-5H,6-7,10H2,1H3;1-4H,5,12H2. The molecule has 0 aliphatic carbocycles. The molecule has 0 radical (unpaired) electrons. The van der Waals surface area contributed by atoms with Crippen LogP contribution < -0.4 is 20.9 Å². The quantitative estimate of drug-likeness (QED) is 0.875.